The molecule has 2 fully saturated rings. The Morgan fingerprint density at radius 2 is 2.15 bits per heavy atom. The van der Waals surface area contributed by atoms with Gasteiger partial charge in [0.05, 0.1) is 22.6 Å². The molecule has 2 aliphatic rings. The number of benzene rings is 1. The first-order valence-electron chi connectivity index (χ1n) is 9.27. The van der Waals surface area contributed by atoms with Crippen molar-refractivity contribution >= 4 is 16.6 Å². The first-order valence-corrected chi connectivity index (χ1v) is 9.27. The smallest absolute Gasteiger partial charge is 0.329 e. The molecule has 2 aromatic rings. The Balaban J connectivity index is 1.74. The zero-order valence-electron chi connectivity index (χ0n) is 15.2. The number of hydrogen-bond acceptors (Lipinski definition) is 4. The summed E-state index contributed by atoms with van der Waals surface area (Å²) in [6.45, 7) is 8.81. The number of rotatable bonds is 5. The minimum absolute atomic E-state index is 0.0727. The lowest BCUT2D eigenvalue weighted by Gasteiger charge is -2.22. The molecular formula is C19H22FN5O2. The van der Waals surface area contributed by atoms with E-state index < -0.39 is 17.1 Å². The van der Waals surface area contributed by atoms with E-state index in [0.29, 0.717) is 30.8 Å². The first-order chi connectivity index (χ1) is 13.0. The van der Waals surface area contributed by atoms with E-state index in [-0.39, 0.29) is 23.4 Å². The second-order valence-corrected chi connectivity index (χ2v) is 7.41. The zero-order valence-corrected chi connectivity index (χ0v) is 15.2. The van der Waals surface area contributed by atoms with Gasteiger partial charge in [-0.05, 0) is 38.4 Å². The molecule has 0 radical (unpaired) electrons. The van der Waals surface area contributed by atoms with E-state index in [0.717, 1.165) is 19.3 Å². The Kier molecular flexibility index (Phi) is 4.48. The van der Waals surface area contributed by atoms with Gasteiger partial charge in [0.2, 0.25) is 6.54 Å². The zero-order chi connectivity index (χ0) is 19.1. The lowest BCUT2D eigenvalue weighted by atomic mass is 9.99. The number of fused-ring (bicyclic) bond motifs is 1. The van der Waals surface area contributed by atoms with E-state index in [2.05, 4.69) is 15.1 Å². The molecule has 1 aliphatic heterocycles. The van der Waals surface area contributed by atoms with Crippen molar-refractivity contribution in [1.82, 2.24) is 14.9 Å². The maximum atomic E-state index is 14.8. The quantitative estimate of drug-likeness (QED) is 0.781. The van der Waals surface area contributed by atoms with E-state index in [9.17, 15) is 14.0 Å². The van der Waals surface area contributed by atoms with E-state index in [1.165, 1.54) is 6.07 Å². The Morgan fingerprint density at radius 1 is 1.37 bits per heavy atom. The summed E-state index contributed by atoms with van der Waals surface area (Å²) in [5, 5.41) is 3.39. The number of H-pyrrole nitrogens is 1. The van der Waals surface area contributed by atoms with Gasteiger partial charge >= 0.3 is 5.69 Å². The standard InChI is InChI=1S/C19H22FN5O2/c1-21-9-15(22-2)11-5-6-24(10-11)17-8-16-13(7-14(17)20)18(26)23-19(27)25(16)12-3-4-12/h7-8,11-12,15,22H,3-6,9-10H2,2H3,(H,23,26,27). The fourth-order valence-electron chi connectivity index (χ4n) is 4.11. The lowest BCUT2D eigenvalue weighted by molar-refractivity contribution is 0.421. The molecule has 4 rings (SSSR count). The van der Waals surface area contributed by atoms with Crippen LogP contribution in [0.3, 0.4) is 0 Å². The van der Waals surface area contributed by atoms with E-state index in [1.54, 1.807) is 10.6 Å². The summed E-state index contributed by atoms with van der Waals surface area (Å²) in [7, 11) is 1.84. The number of likely N-dealkylation sites (N-methyl/N-ethyl adjacent to an activating group) is 1. The van der Waals surface area contributed by atoms with Crippen LogP contribution in [0.1, 0.15) is 25.3 Å². The second-order valence-electron chi connectivity index (χ2n) is 7.41. The Morgan fingerprint density at radius 3 is 2.81 bits per heavy atom. The molecule has 0 bridgehead atoms. The molecule has 0 spiro atoms. The summed E-state index contributed by atoms with van der Waals surface area (Å²) in [6, 6.07) is 3.03. The molecule has 142 valence electrons. The Labute approximate surface area is 155 Å². The van der Waals surface area contributed by atoms with Crippen molar-refractivity contribution in [3.63, 3.8) is 0 Å². The van der Waals surface area contributed by atoms with Crippen molar-refractivity contribution in [2.45, 2.75) is 31.3 Å². The third-order valence-electron chi connectivity index (χ3n) is 5.71. The third-order valence-corrected chi connectivity index (χ3v) is 5.71. The molecule has 2 heterocycles. The van der Waals surface area contributed by atoms with Gasteiger partial charge in [-0.2, -0.15) is 0 Å². The number of aromatic amines is 1. The summed E-state index contributed by atoms with van der Waals surface area (Å²) in [5.74, 6) is -0.204. The van der Waals surface area contributed by atoms with Gasteiger partial charge in [-0.3, -0.25) is 14.3 Å². The molecular weight excluding hydrogens is 349 g/mol. The molecule has 2 unspecified atom stereocenters. The van der Waals surface area contributed by atoms with Gasteiger partial charge in [0.15, 0.2) is 0 Å². The minimum atomic E-state index is -0.552. The normalized spacial score (nSPS) is 20.8. The number of hydrogen-bond donors (Lipinski definition) is 2. The molecule has 1 aliphatic carbocycles. The van der Waals surface area contributed by atoms with Crippen LogP contribution < -0.4 is 21.5 Å². The monoisotopic (exact) mass is 371 g/mol. The number of halogens is 1. The van der Waals surface area contributed by atoms with Crippen LogP contribution in [-0.2, 0) is 0 Å². The fraction of sp³-hybridized carbons (Fsp3) is 0.526. The van der Waals surface area contributed by atoms with Crippen molar-refractivity contribution in [3.8, 4) is 0 Å². The maximum absolute atomic E-state index is 14.8. The van der Waals surface area contributed by atoms with Crippen molar-refractivity contribution in [2.75, 3.05) is 31.6 Å². The second kappa shape index (κ2) is 6.82. The molecule has 0 amide bonds. The lowest BCUT2D eigenvalue weighted by Crippen LogP contribution is -2.37. The van der Waals surface area contributed by atoms with Crippen molar-refractivity contribution < 1.29 is 4.39 Å². The highest BCUT2D eigenvalue weighted by Gasteiger charge is 2.32. The summed E-state index contributed by atoms with van der Waals surface area (Å²) in [5.41, 5.74) is -0.0670. The molecule has 1 aromatic carbocycles. The van der Waals surface area contributed by atoms with Crippen LogP contribution in [0.5, 0.6) is 0 Å². The minimum Gasteiger partial charge on any atom is -0.369 e. The predicted molar refractivity (Wildman–Crippen MR) is 102 cm³/mol. The highest BCUT2D eigenvalue weighted by atomic mass is 19.1. The Hall–Kier alpha value is -2.66. The molecule has 7 nitrogen and oxygen atoms in total. The molecule has 1 saturated heterocycles. The van der Waals surface area contributed by atoms with Gasteiger partial charge in [0, 0.05) is 25.0 Å². The van der Waals surface area contributed by atoms with Gasteiger partial charge in [0.1, 0.15) is 5.82 Å². The number of aromatic nitrogens is 2. The van der Waals surface area contributed by atoms with Crippen molar-refractivity contribution in [1.29, 1.82) is 0 Å². The van der Waals surface area contributed by atoms with Gasteiger partial charge in [-0.25, -0.2) is 15.8 Å². The van der Waals surface area contributed by atoms with Gasteiger partial charge in [-0.15, -0.1) is 0 Å². The molecule has 8 heteroatoms. The predicted octanol–water partition coefficient (Wildman–Crippen LogP) is 1.50. The van der Waals surface area contributed by atoms with Gasteiger partial charge < -0.3 is 15.1 Å². The third kappa shape index (κ3) is 3.12. The molecule has 27 heavy (non-hydrogen) atoms. The van der Waals surface area contributed by atoms with Crippen LogP contribution in [0, 0.1) is 18.3 Å². The average molecular weight is 371 g/mol. The van der Waals surface area contributed by atoms with Crippen LogP contribution >= 0.6 is 0 Å². The maximum Gasteiger partial charge on any atom is 0.329 e. The van der Waals surface area contributed by atoms with Crippen molar-refractivity contribution in [3.05, 3.63) is 50.2 Å². The SMILES string of the molecule is [C-]#[N+]CC(NC)C1CCN(c2cc3c(cc2F)c(=O)[nH]c(=O)n3C2CC2)C1. The highest BCUT2D eigenvalue weighted by Crippen LogP contribution is 2.37. The van der Waals surface area contributed by atoms with Crippen molar-refractivity contribution in [2.24, 2.45) is 5.92 Å². The van der Waals surface area contributed by atoms with E-state index in [1.807, 2.05) is 11.9 Å². The van der Waals surface area contributed by atoms with Crippen LogP contribution in [0.2, 0.25) is 0 Å². The first kappa shape index (κ1) is 17.7. The summed E-state index contributed by atoms with van der Waals surface area (Å²) in [4.78, 5) is 32.2. The van der Waals surface area contributed by atoms with Gasteiger partial charge in [0.25, 0.3) is 5.56 Å². The average Bonchev–Trinajstić information content (AvgIpc) is 3.35. The Bertz CT molecular complexity index is 1030. The summed E-state index contributed by atoms with van der Waals surface area (Å²) in [6.07, 6.45) is 2.64. The van der Waals surface area contributed by atoms with E-state index in [4.69, 9.17) is 6.57 Å². The molecule has 1 aromatic heterocycles. The van der Waals surface area contributed by atoms with E-state index >= 15 is 0 Å². The fourth-order valence-corrected chi connectivity index (χ4v) is 4.11. The van der Waals surface area contributed by atoms with Crippen LogP contribution in [-0.4, -0.2) is 42.3 Å². The van der Waals surface area contributed by atoms with Gasteiger partial charge in [-0.1, -0.05) is 0 Å². The summed E-state index contributed by atoms with van der Waals surface area (Å²) >= 11 is 0. The highest BCUT2D eigenvalue weighted by molar-refractivity contribution is 5.82. The molecule has 1 saturated carbocycles. The van der Waals surface area contributed by atoms with Crippen LogP contribution in [0.15, 0.2) is 21.7 Å². The molecule has 2 atom stereocenters. The van der Waals surface area contributed by atoms with Crippen LogP contribution in [0.4, 0.5) is 10.1 Å². The summed E-state index contributed by atoms with van der Waals surface area (Å²) < 4.78 is 16.4. The number of nitrogens with zero attached hydrogens (tertiary/aromatic N) is 3. The topological polar surface area (TPSA) is 74.5 Å². The number of nitrogens with one attached hydrogen (secondary N) is 2. The molecule has 2 N–H and O–H groups in total. The largest absolute Gasteiger partial charge is 0.369 e. The number of anilines is 1. The van der Waals surface area contributed by atoms with Crippen LogP contribution in [0.25, 0.3) is 15.7 Å².